The Morgan fingerprint density at radius 2 is 1.93 bits per heavy atom. The van der Waals surface area contributed by atoms with Crippen molar-refractivity contribution in [2.75, 3.05) is 5.32 Å². The molecule has 5 N–H and O–H groups in total. The number of urea groups is 1. The number of aromatic nitrogens is 2. The number of H-pyrrole nitrogens is 1. The average Bonchev–Trinajstić information content (AvgIpc) is 3.12. The molecule has 2 aromatic carbocycles. The molecule has 0 fully saturated rings. The van der Waals surface area contributed by atoms with Crippen LogP contribution in [0.1, 0.15) is 34.1 Å². The minimum absolute atomic E-state index is 0.0380. The van der Waals surface area contributed by atoms with E-state index < -0.39 is 23.0 Å². The van der Waals surface area contributed by atoms with Crippen molar-refractivity contribution in [1.82, 2.24) is 15.3 Å². The van der Waals surface area contributed by atoms with Crippen molar-refractivity contribution in [2.24, 2.45) is 0 Å². The van der Waals surface area contributed by atoms with Crippen LogP contribution in [0.25, 0.3) is 11.4 Å². The molecule has 0 spiro atoms. The van der Waals surface area contributed by atoms with Crippen molar-refractivity contribution < 1.29 is 19.8 Å². The monoisotopic (exact) mass is 406 g/mol. The third-order valence-electron chi connectivity index (χ3n) is 4.93. The zero-order valence-corrected chi connectivity index (χ0v) is 15.7. The van der Waals surface area contributed by atoms with E-state index in [1.807, 2.05) is 18.2 Å². The largest absolute Gasteiger partial charge is 0.501 e. The van der Waals surface area contributed by atoms with Crippen molar-refractivity contribution in [3.8, 4) is 17.1 Å². The average molecular weight is 406 g/mol. The lowest BCUT2D eigenvalue weighted by molar-refractivity contribution is 0.0686. The lowest BCUT2D eigenvalue weighted by atomic mass is 10.1. The van der Waals surface area contributed by atoms with Gasteiger partial charge in [-0.3, -0.25) is 4.79 Å². The van der Waals surface area contributed by atoms with Crippen LogP contribution in [0.4, 0.5) is 10.5 Å². The molecule has 1 aliphatic rings. The van der Waals surface area contributed by atoms with E-state index in [0.717, 1.165) is 18.4 Å². The molecule has 2 amide bonds. The van der Waals surface area contributed by atoms with E-state index in [2.05, 4.69) is 26.7 Å². The number of aromatic amines is 1. The first-order chi connectivity index (χ1) is 14.4. The highest BCUT2D eigenvalue weighted by molar-refractivity contribution is 5.91. The second-order valence-electron chi connectivity index (χ2n) is 6.89. The zero-order valence-electron chi connectivity index (χ0n) is 15.7. The van der Waals surface area contributed by atoms with Crippen LogP contribution in [-0.4, -0.2) is 32.2 Å². The summed E-state index contributed by atoms with van der Waals surface area (Å²) in [5, 5.41) is 24.4. The summed E-state index contributed by atoms with van der Waals surface area (Å²) < 4.78 is 0. The Kier molecular flexibility index (Phi) is 4.93. The number of nitrogens with one attached hydrogen (secondary N) is 3. The van der Waals surface area contributed by atoms with Crippen LogP contribution < -0.4 is 16.2 Å². The molecule has 0 bridgehead atoms. The third-order valence-corrected chi connectivity index (χ3v) is 4.93. The van der Waals surface area contributed by atoms with E-state index in [0.29, 0.717) is 11.3 Å². The fourth-order valence-electron chi connectivity index (χ4n) is 3.53. The first-order valence-electron chi connectivity index (χ1n) is 9.24. The number of carbonyl (C=O) groups excluding carboxylic acids is 1. The Morgan fingerprint density at radius 3 is 2.73 bits per heavy atom. The molecule has 0 saturated carbocycles. The third kappa shape index (κ3) is 3.72. The van der Waals surface area contributed by atoms with E-state index in [1.165, 1.54) is 5.56 Å². The highest BCUT2D eigenvalue weighted by Crippen LogP contribution is 2.30. The molecule has 0 saturated heterocycles. The molecule has 9 heteroatoms. The van der Waals surface area contributed by atoms with Crippen molar-refractivity contribution >= 4 is 17.7 Å². The summed E-state index contributed by atoms with van der Waals surface area (Å²) in [4.78, 5) is 41.6. The van der Waals surface area contributed by atoms with Gasteiger partial charge >= 0.3 is 12.0 Å². The van der Waals surface area contributed by atoms with E-state index in [4.69, 9.17) is 5.11 Å². The second kappa shape index (κ2) is 7.70. The summed E-state index contributed by atoms with van der Waals surface area (Å²) in [5.74, 6) is -2.52. The lowest BCUT2D eigenvalue weighted by Gasteiger charge is -2.15. The van der Waals surface area contributed by atoms with Crippen LogP contribution in [0.2, 0.25) is 0 Å². The van der Waals surface area contributed by atoms with E-state index in [1.54, 1.807) is 24.3 Å². The number of aryl methyl sites for hydroxylation is 1. The minimum atomic E-state index is -1.52. The van der Waals surface area contributed by atoms with Crippen LogP contribution in [0, 0.1) is 0 Å². The Bertz CT molecular complexity index is 1200. The molecule has 1 aliphatic carbocycles. The van der Waals surface area contributed by atoms with Gasteiger partial charge in [-0.15, -0.1) is 0 Å². The van der Waals surface area contributed by atoms with Crippen molar-refractivity contribution in [1.29, 1.82) is 0 Å². The van der Waals surface area contributed by atoms with Gasteiger partial charge in [-0.05, 0) is 36.1 Å². The molecule has 9 nitrogen and oxygen atoms in total. The van der Waals surface area contributed by atoms with Gasteiger partial charge in [0.2, 0.25) is 5.75 Å². The van der Waals surface area contributed by atoms with Crippen molar-refractivity contribution in [3.63, 3.8) is 0 Å². The summed E-state index contributed by atoms with van der Waals surface area (Å²) in [6.07, 6.45) is 1.73. The molecule has 152 valence electrons. The number of hydrogen-bond acceptors (Lipinski definition) is 5. The Morgan fingerprint density at radius 1 is 1.13 bits per heavy atom. The number of anilines is 1. The topological polar surface area (TPSA) is 144 Å². The molecule has 3 aromatic rings. The smallest absolute Gasteiger partial charge is 0.358 e. The van der Waals surface area contributed by atoms with E-state index in [9.17, 15) is 19.5 Å². The zero-order chi connectivity index (χ0) is 21.3. The standard InChI is InChI=1S/C21H18N4O5/c26-17-16(20(28)29)24-18(25-19(17)27)12-5-3-6-13(10-12)22-21(30)23-15-9-8-11-4-1-2-7-14(11)15/h1-7,10,15,26H,8-9H2,(H,28,29)(H2,22,23,30)(H,24,25,27). The van der Waals surface area contributed by atoms with Gasteiger partial charge in [-0.1, -0.05) is 36.4 Å². The van der Waals surface area contributed by atoms with Crippen LogP contribution in [0.3, 0.4) is 0 Å². The fraction of sp³-hybridized carbons (Fsp3) is 0.143. The number of aromatic hydroxyl groups is 1. The van der Waals surface area contributed by atoms with Gasteiger partial charge in [0, 0.05) is 11.3 Å². The van der Waals surface area contributed by atoms with Gasteiger partial charge in [-0.25, -0.2) is 14.6 Å². The normalized spacial score (nSPS) is 14.7. The number of benzene rings is 2. The predicted molar refractivity (Wildman–Crippen MR) is 109 cm³/mol. The first-order valence-corrected chi connectivity index (χ1v) is 9.24. The fourth-order valence-corrected chi connectivity index (χ4v) is 3.53. The summed E-state index contributed by atoms with van der Waals surface area (Å²) >= 11 is 0. The number of carbonyl (C=O) groups is 2. The van der Waals surface area contributed by atoms with Gasteiger partial charge in [0.25, 0.3) is 5.56 Å². The highest BCUT2D eigenvalue weighted by Gasteiger charge is 2.23. The molecular formula is C21H18N4O5. The maximum Gasteiger partial charge on any atom is 0.358 e. The number of amides is 2. The molecule has 1 unspecified atom stereocenters. The first kappa shape index (κ1) is 19.2. The van der Waals surface area contributed by atoms with Crippen LogP contribution in [0.15, 0.2) is 53.3 Å². The van der Waals surface area contributed by atoms with Gasteiger partial charge in [0.1, 0.15) is 5.82 Å². The highest BCUT2D eigenvalue weighted by atomic mass is 16.4. The lowest BCUT2D eigenvalue weighted by Crippen LogP contribution is -2.31. The number of nitrogens with zero attached hydrogens (tertiary/aromatic N) is 1. The molecule has 1 aromatic heterocycles. The number of aromatic carboxylic acids is 1. The van der Waals surface area contributed by atoms with Crippen LogP contribution in [-0.2, 0) is 6.42 Å². The quantitative estimate of drug-likeness (QED) is 0.450. The number of fused-ring (bicyclic) bond motifs is 1. The number of carboxylic acid groups (broad SMARTS) is 1. The molecule has 0 radical (unpaired) electrons. The van der Waals surface area contributed by atoms with Gasteiger partial charge in [-0.2, -0.15) is 0 Å². The summed E-state index contributed by atoms with van der Waals surface area (Å²) in [6, 6.07) is 13.9. The van der Waals surface area contributed by atoms with Gasteiger partial charge in [0.15, 0.2) is 5.69 Å². The van der Waals surface area contributed by atoms with E-state index >= 15 is 0 Å². The maximum atomic E-state index is 12.5. The van der Waals surface area contributed by atoms with Gasteiger partial charge in [0.05, 0.1) is 6.04 Å². The Hall–Kier alpha value is -4.14. The van der Waals surface area contributed by atoms with Crippen molar-refractivity contribution in [2.45, 2.75) is 18.9 Å². The molecule has 0 aliphatic heterocycles. The molecule has 1 atom stereocenters. The van der Waals surface area contributed by atoms with Gasteiger partial charge < -0.3 is 25.8 Å². The Balaban J connectivity index is 1.53. The summed E-state index contributed by atoms with van der Waals surface area (Å²) in [5.41, 5.74) is 1.43. The molecule has 1 heterocycles. The second-order valence-corrected chi connectivity index (χ2v) is 6.89. The van der Waals surface area contributed by atoms with Crippen molar-refractivity contribution in [3.05, 3.63) is 75.7 Å². The minimum Gasteiger partial charge on any atom is -0.501 e. The molecule has 30 heavy (non-hydrogen) atoms. The Labute approximate surface area is 170 Å². The predicted octanol–water partition coefficient (Wildman–Crippen LogP) is 2.65. The van der Waals surface area contributed by atoms with Crippen LogP contribution in [0.5, 0.6) is 5.75 Å². The SMILES string of the molecule is O=C(Nc1cccc(-c2nc(C(=O)O)c(O)c(=O)[nH]2)c1)NC1CCc2ccccc21. The summed E-state index contributed by atoms with van der Waals surface area (Å²) in [6.45, 7) is 0. The number of hydrogen-bond donors (Lipinski definition) is 5. The maximum absolute atomic E-state index is 12.5. The molecule has 4 rings (SSSR count). The van der Waals surface area contributed by atoms with E-state index in [-0.39, 0.29) is 17.9 Å². The summed E-state index contributed by atoms with van der Waals surface area (Å²) in [7, 11) is 0. The number of carboxylic acids is 1. The van der Waals surface area contributed by atoms with Crippen LogP contribution >= 0.6 is 0 Å². The number of rotatable bonds is 4. The molecular weight excluding hydrogens is 388 g/mol.